The second-order valence-corrected chi connectivity index (χ2v) is 6.49. The maximum atomic E-state index is 12.4. The molecule has 2 aromatic rings. The van der Waals surface area contributed by atoms with Gasteiger partial charge in [0.1, 0.15) is 5.82 Å². The Balaban J connectivity index is 1.49. The number of morpholine rings is 1. The van der Waals surface area contributed by atoms with Gasteiger partial charge in [-0.2, -0.15) is 0 Å². The van der Waals surface area contributed by atoms with Crippen molar-refractivity contribution in [3.8, 4) is 0 Å². The summed E-state index contributed by atoms with van der Waals surface area (Å²) in [7, 11) is 0. The van der Waals surface area contributed by atoms with Gasteiger partial charge in [-0.05, 0) is 23.8 Å². The molecule has 1 fully saturated rings. The lowest BCUT2D eigenvalue weighted by molar-refractivity contribution is 0.0398. The molecule has 2 heterocycles. The summed E-state index contributed by atoms with van der Waals surface area (Å²) in [6.07, 6.45) is 1.64. The third-order valence-electron chi connectivity index (χ3n) is 4.26. The van der Waals surface area contributed by atoms with Gasteiger partial charge in [0.15, 0.2) is 0 Å². The number of halogens is 1. The summed E-state index contributed by atoms with van der Waals surface area (Å²) in [5, 5.41) is 6.81. The molecule has 0 unspecified atom stereocenters. The first kappa shape index (κ1) is 18.6. The third kappa shape index (κ3) is 5.42. The predicted molar refractivity (Wildman–Crippen MR) is 103 cm³/mol. The summed E-state index contributed by atoms with van der Waals surface area (Å²) in [5.74, 6) is 0.548. The smallest absolute Gasteiger partial charge is 0.251 e. The first-order valence-corrected chi connectivity index (χ1v) is 9.12. The normalized spacial score (nSPS) is 14.8. The molecule has 0 atom stereocenters. The van der Waals surface area contributed by atoms with Crippen LogP contribution in [0.4, 0.5) is 5.82 Å². The van der Waals surface area contributed by atoms with E-state index in [1.807, 2.05) is 24.3 Å². The van der Waals surface area contributed by atoms with E-state index in [1.165, 1.54) is 0 Å². The van der Waals surface area contributed by atoms with Gasteiger partial charge in [0.05, 0.1) is 13.2 Å². The van der Waals surface area contributed by atoms with Crippen molar-refractivity contribution in [3.05, 3.63) is 58.7 Å². The number of ether oxygens (including phenoxy) is 1. The molecular weight excluding hydrogens is 352 g/mol. The Hall–Kier alpha value is -2.15. The highest BCUT2D eigenvalue weighted by atomic mass is 35.5. The van der Waals surface area contributed by atoms with E-state index >= 15 is 0 Å². The molecule has 1 saturated heterocycles. The average Bonchev–Trinajstić information content (AvgIpc) is 2.68. The van der Waals surface area contributed by atoms with Crippen LogP contribution < -0.4 is 10.6 Å². The zero-order valence-corrected chi connectivity index (χ0v) is 15.3. The first-order chi connectivity index (χ1) is 12.7. The van der Waals surface area contributed by atoms with Crippen LogP contribution in [-0.2, 0) is 11.3 Å². The zero-order valence-electron chi connectivity index (χ0n) is 14.6. The van der Waals surface area contributed by atoms with Crippen molar-refractivity contribution in [2.45, 2.75) is 6.54 Å². The van der Waals surface area contributed by atoms with Crippen LogP contribution in [0.3, 0.4) is 0 Å². The fourth-order valence-corrected chi connectivity index (χ4v) is 2.96. The Labute approximate surface area is 158 Å². The number of benzene rings is 1. The standard InChI is InChI=1S/C19H23ClN4O2/c20-17-4-2-1-3-16(17)14-23-19(25)15-5-6-21-18(13-15)22-7-8-24-9-11-26-12-10-24/h1-6,13H,7-12,14H2,(H,21,22)(H,23,25). The highest BCUT2D eigenvalue weighted by Gasteiger charge is 2.10. The van der Waals surface area contributed by atoms with E-state index in [0.717, 1.165) is 45.0 Å². The van der Waals surface area contributed by atoms with Gasteiger partial charge in [-0.3, -0.25) is 9.69 Å². The van der Waals surface area contributed by atoms with Crippen LogP contribution in [0.2, 0.25) is 5.02 Å². The molecule has 1 aliphatic heterocycles. The number of rotatable bonds is 7. The number of pyridine rings is 1. The fourth-order valence-electron chi connectivity index (χ4n) is 2.75. The highest BCUT2D eigenvalue weighted by Crippen LogP contribution is 2.15. The summed E-state index contributed by atoms with van der Waals surface area (Å²) in [5.41, 5.74) is 1.46. The Morgan fingerprint density at radius 2 is 2.04 bits per heavy atom. The molecule has 1 amide bonds. The van der Waals surface area contributed by atoms with Crippen molar-refractivity contribution < 1.29 is 9.53 Å². The van der Waals surface area contributed by atoms with Crippen LogP contribution in [0, 0.1) is 0 Å². The number of carbonyl (C=O) groups is 1. The van der Waals surface area contributed by atoms with Crippen molar-refractivity contribution in [3.63, 3.8) is 0 Å². The summed E-state index contributed by atoms with van der Waals surface area (Å²) < 4.78 is 5.34. The number of nitrogens with one attached hydrogen (secondary N) is 2. The number of hydrogen-bond acceptors (Lipinski definition) is 5. The molecule has 6 nitrogen and oxygen atoms in total. The number of carbonyl (C=O) groups excluding carboxylic acids is 1. The van der Waals surface area contributed by atoms with Crippen LogP contribution in [-0.4, -0.2) is 55.2 Å². The molecule has 2 N–H and O–H groups in total. The number of anilines is 1. The lowest BCUT2D eigenvalue weighted by atomic mass is 10.2. The predicted octanol–water partition coefficient (Wildman–Crippen LogP) is 2.41. The van der Waals surface area contributed by atoms with Gasteiger partial charge in [0, 0.05) is 49.5 Å². The lowest BCUT2D eigenvalue weighted by Gasteiger charge is -2.26. The van der Waals surface area contributed by atoms with Gasteiger partial charge in [0.2, 0.25) is 0 Å². The number of nitrogens with zero attached hydrogens (tertiary/aromatic N) is 2. The molecule has 0 spiro atoms. The molecule has 1 aromatic carbocycles. The molecule has 1 aromatic heterocycles. The third-order valence-corrected chi connectivity index (χ3v) is 4.63. The Bertz CT molecular complexity index is 735. The number of amides is 1. The first-order valence-electron chi connectivity index (χ1n) is 8.74. The molecule has 0 bridgehead atoms. The molecule has 7 heteroatoms. The molecule has 1 aliphatic rings. The number of hydrogen-bond donors (Lipinski definition) is 2. The quantitative estimate of drug-likeness (QED) is 0.779. The monoisotopic (exact) mass is 374 g/mol. The highest BCUT2D eigenvalue weighted by molar-refractivity contribution is 6.31. The Morgan fingerprint density at radius 3 is 2.85 bits per heavy atom. The van der Waals surface area contributed by atoms with Crippen LogP contribution in [0.5, 0.6) is 0 Å². The molecule has 0 radical (unpaired) electrons. The maximum Gasteiger partial charge on any atom is 0.251 e. The summed E-state index contributed by atoms with van der Waals surface area (Å²) in [4.78, 5) is 19.0. The summed E-state index contributed by atoms with van der Waals surface area (Å²) in [6, 6.07) is 10.9. The van der Waals surface area contributed by atoms with Gasteiger partial charge >= 0.3 is 0 Å². The SMILES string of the molecule is O=C(NCc1ccccc1Cl)c1ccnc(NCCN2CCOCC2)c1. The molecule has 3 rings (SSSR count). The fraction of sp³-hybridized carbons (Fsp3) is 0.368. The molecule has 138 valence electrons. The topological polar surface area (TPSA) is 66.5 Å². The van der Waals surface area contributed by atoms with Crippen LogP contribution >= 0.6 is 11.6 Å². The summed E-state index contributed by atoms with van der Waals surface area (Å²) >= 11 is 6.12. The molecule has 0 saturated carbocycles. The zero-order chi connectivity index (χ0) is 18.2. The average molecular weight is 375 g/mol. The van der Waals surface area contributed by atoms with Crippen LogP contribution in [0.25, 0.3) is 0 Å². The minimum absolute atomic E-state index is 0.149. The molecule has 0 aliphatic carbocycles. The second-order valence-electron chi connectivity index (χ2n) is 6.08. The van der Waals surface area contributed by atoms with Crippen molar-refractivity contribution in [2.75, 3.05) is 44.7 Å². The minimum atomic E-state index is -0.149. The van der Waals surface area contributed by atoms with E-state index in [9.17, 15) is 4.79 Å². The molecule has 26 heavy (non-hydrogen) atoms. The van der Waals surface area contributed by atoms with E-state index in [1.54, 1.807) is 18.3 Å². The van der Waals surface area contributed by atoms with Crippen LogP contribution in [0.15, 0.2) is 42.6 Å². The Kier molecular flexibility index (Phi) is 6.82. The lowest BCUT2D eigenvalue weighted by Crippen LogP contribution is -2.39. The van der Waals surface area contributed by atoms with E-state index in [-0.39, 0.29) is 5.91 Å². The van der Waals surface area contributed by atoms with Gasteiger partial charge in [0.25, 0.3) is 5.91 Å². The minimum Gasteiger partial charge on any atom is -0.379 e. The van der Waals surface area contributed by atoms with Crippen molar-refractivity contribution in [2.24, 2.45) is 0 Å². The van der Waals surface area contributed by atoms with Crippen molar-refractivity contribution >= 4 is 23.3 Å². The number of aromatic nitrogens is 1. The molecular formula is C19H23ClN4O2. The summed E-state index contributed by atoms with van der Waals surface area (Å²) in [6.45, 7) is 5.59. The second kappa shape index (κ2) is 9.52. The maximum absolute atomic E-state index is 12.4. The largest absolute Gasteiger partial charge is 0.379 e. The van der Waals surface area contributed by atoms with Gasteiger partial charge < -0.3 is 15.4 Å². The Morgan fingerprint density at radius 1 is 1.23 bits per heavy atom. The van der Waals surface area contributed by atoms with Crippen LogP contribution in [0.1, 0.15) is 15.9 Å². The van der Waals surface area contributed by atoms with Crippen molar-refractivity contribution in [1.82, 2.24) is 15.2 Å². The van der Waals surface area contributed by atoms with E-state index < -0.39 is 0 Å². The van der Waals surface area contributed by atoms with E-state index in [2.05, 4.69) is 20.5 Å². The van der Waals surface area contributed by atoms with Gasteiger partial charge in [-0.25, -0.2) is 4.98 Å². The van der Waals surface area contributed by atoms with Crippen molar-refractivity contribution in [1.29, 1.82) is 0 Å². The van der Waals surface area contributed by atoms with E-state index in [0.29, 0.717) is 22.9 Å². The van der Waals surface area contributed by atoms with Gasteiger partial charge in [-0.1, -0.05) is 29.8 Å². The van der Waals surface area contributed by atoms with Gasteiger partial charge in [-0.15, -0.1) is 0 Å². The van der Waals surface area contributed by atoms with E-state index in [4.69, 9.17) is 16.3 Å².